The van der Waals surface area contributed by atoms with Gasteiger partial charge in [0, 0.05) is 31.9 Å². The predicted molar refractivity (Wildman–Crippen MR) is 100 cm³/mol. The zero-order valence-corrected chi connectivity index (χ0v) is 14.9. The molecule has 1 N–H and O–H groups in total. The number of nitrogens with zero attached hydrogens (tertiary/aromatic N) is 2. The molecule has 0 aliphatic carbocycles. The molecule has 25 heavy (non-hydrogen) atoms. The lowest BCUT2D eigenvalue weighted by molar-refractivity contribution is -0.143. The molecule has 0 saturated carbocycles. The van der Waals surface area contributed by atoms with Crippen LogP contribution in [0.4, 0.5) is 11.4 Å². The Balaban J connectivity index is 1.59. The van der Waals surface area contributed by atoms with Gasteiger partial charge in [-0.25, -0.2) is 0 Å². The topological polar surface area (TPSA) is 52.7 Å². The average molecular weight is 378 g/mol. The van der Waals surface area contributed by atoms with E-state index >= 15 is 0 Å². The number of benzene rings is 2. The summed E-state index contributed by atoms with van der Waals surface area (Å²) in [5.74, 6) is -1.28. The van der Waals surface area contributed by atoms with Crippen LogP contribution in [0.5, 0.6) is 0 Å². The van der Waals surface area contributed by atoms with Crippen molar-refractivity contribution in [3.63, 3.8) is 0 Å². The third kappa shape index (κ3) is 4.06. The van der Waals surface area contributed by atoms with Crippen LogP contribution >= 0.6 is 23.2 Å². The van der Waals surface area contributed by atoms with Crippen LogP contribution in [0.2, 0.25) is 10.0 Å². The van der Waals surface area contributed by atoms with Crippen molar-refractivity contribution in [2.45, 2.75) is 0 Å². The van der Waals surface area contributed by atoms with Crippen molar-refractivity contribution in [2.24, 2.45) is 0 Å². The molecule has 1 saturated heterocycles. The number of hydrogen-bond donors (Lipinski definition) is 1. The number of carbonyl (C=O) groups is 2. The molecule has 1 aliphatic heterocycles. The molecule has 2 aromatic carbocycles. The highest BCUT2D eigenvalue weighted by molar-refractivity contribution is 6.45. The second-order valence-corrected chi connectivity index (χ2v) is 6.46. The third-order valence-corrected chi connectivity index (χ3v) is 4.90. The van der Waals surface area contributed by atoms with Crippen molar-refractivity contribution in [1.82, 2.24) is 4.90 Å². The third-order valence-electron chi connectivity index (χ3n) is 4.08. The van der Waals surface area contributed by atoms with Crippen LogP contribution in [0.15, 0.2) is 48.5 Å². The van der Waals surface area contributed by atoms with Crippen molar-refractivity contribution in [3.8, 4) is 0 Å². The molecule has 3 rings (SSSR count). The Morgan fingerprint density at radius 1 is 0.880 bits per heavy atom. The van der Waals surface area contributed by atoms with Crippen molar-refractivity contribution in [3.05, 3.63) is 58.6 Å². The molecule has 7 heteroatoms. The molecule has 1 fully saturated rings. The Hall–Kier alpha value is -2.24. The summed E-state index contributed by atoms with van der Waals surface area (Å²) in [5, 5.41) is 3.07. The second kappa shape index (κ2) is 7.76. The summed E-state index contributed by atoms with van der Waals surface area (Å²) in [6, 6.07) is 14.9. The fraction of sp³-hybridized carbons (Fsp3) is 0.222. The first-order valence-corrected chi connectivity index (χ1v) is 8.66. The van der Waals surface area contributed by atoms with E-state index in [0.717, 1.165) is 5.69 Å². The normalized spacial score (nSPS) is 14.3. The smallest absolute Gasteiger partial charge is 0.313 e. The lowest BCUT2D eigenvalue weighted by atomic mass is 10.2. The Morgan fingerprint density at radius 3 is 2.24 bits per heavy atom. The first-order valence-electron chi connectivity index (χ1n) is 7.90. The largest absolute Gasteiger partial charge is 0.368 e. The molecule has 1 heterocycles. The van der Waals surface area contributed by atoms with E-state index in [4.69, 9.17) is 23.2 Å². The minimum Gasteiger partial charge on any atom is -0.368 e. The maximum atomic E-state index is 12.4. The highest BCUT2D eigenvalue weighted by atomic mass is 35.5. The number of rotatable bonds is 2. The van der Waals surface area contributed by atoms with E-state index < -0.39 is 11.8 Å². The van der Waals surface area contributed by atoms with Gasteiger partial charge < -0.3 is 15.1 Å². The van der Waals surface area contributed by atoms with Gasteiger partial charge in [0.1, 0.15) is 0 Å². The lowest BCUT2D eigenvalue weighted by Gasteiger charge is -2.35. The van der Waals surface area contributed by atoms with Gasteiger partial charge >= 0.3 is 11.8 Å². The van der Waals surface area contributed by atoms with Crippen molar-refractivity contribution in [2.75, 3.05) is 36.4 Å². The Morgan fingerprint density at radius 2 is 1.56 bits per heavy atom. The van der Waals surface area contributed by atoms with E-state index in [0.29, 0.717) is 36.9 Å². The van der Waals surface area contributed by atoms with E-state index in [9.17, 15) is 9.59 Å². The summed E-state index contributed by atoms with van der Waals surface area (Å²) in [5.41, 5.74) is 1.44. The average Bonchev–Trinajstić information content (AvgIpc) is 2.65. The summed E-state index contributed by atoms with van der Waals surface area (Å²) in [6.07, 6.45) is 0. The number of nitrogens with one attached hydrogen (secondary N) is 1. The number of piperazine rings is 1. The quantitative estimate of drug-likeness (QED) is 0.817. The van der Waals surface area contributed by atoms with Crippen LogP contribution in [0.25, 0.3) is 0 Å². The molecule has 0 bridgehead atoms. The van der Waals surface area contributed by atoms with Gasteiger partial charge in [0.15, 0.2) is 0 Å². The van der Waals surface area contributed by atoms with Gasteiger partial charge in [0.25, 0.3) is 0 Å². The van der Waals surface area contributed by atoms with E-state index in [1.807, 2.05) is 30.3 Å². The standard InChI is InChI=1S/C18H17Cl2N3O2/c19-14-7-4-8-15(16(14)20)21-17(24)18(25)23-11-9-22(10-12-23)13-5-2-1-3-6-13/h1-8H,9-12H2,(H,21,24). The molecular weight excluding hydrogens is 361 g/mol. The van der Waals surface area contributed by atoms with Crippen LogP contribution in [0.3, 0.4) is 0 Å². The number of anilines is 2. The molecule has 0 radical (unpaired) electrons. The maximum Gasteiger partial charge on any atom is 0.313 e. The van der Waals surface area contributed by atoms with Crippen LogP contribution in [-0.4, -0.2) is 42.9 Å². The molecule has 1 aliphatic rings. The molecule has 5 nitrogen and oxygen atoms in total. The van der Waals surface area contributed by atoms with E-state index in [-0.39, 0.29) is 5.02 Å². The molecule has 2 amide bonds. The highest BCUT2D eigenvalue weighted by Crippen LogP contribution is 2.29. The van der Waals surface area contributed by atoms with E-state index in [1.165, 1.54) is 0 Å². The number of halogens is 2. The SMILES string of the molecule is O=C(Nc1cccc(Cl)c1Cl)C(=O)N1CCN(c2ccccc2)CC1. The van der Waals surface area contributed by atoms with Crippen molar-refractivity contribution >= 4 is 46.4 Å². The van der Waals surface area contributed by atoms with E-state index in [1.54, 1.807) is 23.1 Å². The van der Waals surface area contributed by atoms with Gasteiger partial charge in [0.2, 0.25) is 0 Å². The predicted octanol–water partition coefficient (Wildman–Crippen LogP) is 3.28. The summed E-state index contributed by atoms with van der Waals surface area (Å²) >= 11 is 12.0. The van der Waals surface area contributed by atoms with E-state index in [2.05, 4.69) is 10.2 Å². The van der Waals surface area contributed by atoms with Crippen molar-refractivity contribution in [1.29, 1.82) is 0 Å². The first-order chi connectivity index (χ1) is 12.1. The number of carbonyl (C=O) groups excluding carboxylic acids is 2. The second-order valence-electron chi connectivity index (χ2n) is 5.67. The molecule has 2 aromatic rings. The maximum absolute atomic E-state index is 12.4. The summed E-state index contributed by atoms with van der Waals surface area (Å²) < 4.78 is 0. The fourth-order valence-electron chi connectivity index (χ4n) is 2.73. The van der Waals surface area contributed by atoms with Gasteiger partial charge in [-0.05, 0) is 24.3 Å². The van der Waals surface area contributed by atoms with Gasteiger partial charge in [-0.1, -0.05) is 47.5 Å². The molecule has 130 valence electrons. The zero-order valence-electron chi connectivity index (χ0n) is 13.4. The Bertz CT molecular complexity index is 775. The Kier molecular flexibility index (Phi) is 5.46. The summed E-state index contributed by atoms with van der Waals surface area (Å²) in [6.45, 7) is 2.34. The van der Waals surface area contributed by atoms with Crippen LogP contribution in [-0.2, 0) is 9.59 Å². The van der Waals surface area contributed by atoms with Crippen LogP contribution in [0.1, 0.15) is 0 Å². The zero-order chi connectivity index (χ0) is 17.8. The van der Waals surface area contributed by atoms with Gasteiger partial charge in [-0.3, -0.25) is 9.59 Å². The lowest BCUT2D eigenvalue weighted by Crippen LogP contribution is -2.51. The number of para-hydroxylation sites is 1. The fourth-order valence-corrected chi connectivity index (χ4v) is 3.07. The van der Waals surface area contributed by atoms with Crippen LogP contribution in [0, 0.1) is 0 Å². The van der Waals surface area contributed by atoms with Gasteiger partial charge in [0.05, 0.1) is 15.7 Å². The van der Waals surface area contributed by atoms with Crippen LogP contribution < -0.4 is 10.2 Å². The minimum atomic E-state index is -0.711. The van der Waals surface area contributed by atoms with Crippen molar-refractivity contribution < 1.29 is 9.59 Å². The summed E-state index contributed by atoms with van der Waals surface area (Å²) in [7, 11) is 0. The Labute approximate surface area is 156 Å². The number of hydrogen-bond acceptors (Lipinski definition) is 3. The van der Waals surface area contributed by atoms with Gasteiger partial charge in [-0.2, -0.15) is 0 Å². The summed E-state index contributed by atoms with van der Waals surface area (Å²) in [4.78, 5) is 28.3. The molecule has 0 spiro atoms. The molecule has 0 aromatic heterocycles. The molecular formula is C18H17Cl2N3O2. The highest BCUT2D eigenvalue weighted by Gasteiger charge is 2.26. The first kappa shape index (κ1) is 17.6. The monoisotopic (exact) mass is 377 g/mol. The van der Waals surface area contributed by atoms with Gasteiger partial charge in [-0.15, -0.1) is 0 Å². The molecule has 0 atom stereocenters. The number of amides is 2. The molecule has 0 unspecified atom stereocenters. The minimum absolute atomic E-state index is 0.221.